The summed E-state index contributed by atoms with van der Waals surface area (Å²) >= 11 is 0. The number of aliphatic hydroxyl groups excluding tert-OH is 1. The molecule has 1 aromatic carbocycles. The van der Waals surface area contributed by atoms with Crippen molar-refractivity contribution in [1.29, 1.82) is 0 Å². The second-order valence-electron chi connectivity index (χ2n) is 6.09. The molecular weight excluding hydrogens is 320 g/mol. The summed E-state index contributed by atoms with van der Waals surface area (Å²) in [5.41, 5.74) is 0.881. The van der Waals surface area contributed by atoms with Gasteiger partial charge in [0, 0.05) is 39.6 Å². The molecule has 0 aliphatic carbocycles. The highest BCUT2D eigenvalue weighted by Gasteiger charge is 2.35. The lowest BCUT2D eigenvalue weighted by Gasteiger charge is -2.18. The lowest BCUT2D eigenvalue weighted by molar-refractivity contribution is 0.148. The van der Waals surface area contributed by atoms with Crippen molar-refractivity contribution in [3.05, 3.63) is 23.8 Å². The maximum absolute atomic E-state index is 12.0. The Labute approximate surface area is 137 Å². The van der Waals surface area contributed by atoms with E-state index in [1.54, 1.807) is 12.1 Å². The molecule has 0 radical (unpaired) electrons. The Morgan fingerprint density at radius 2 is 2.04 bits per heavy atom. The van der Waals surface area contributed by atoms with Crippen LogP contribution in [0.2, 0.25) is 0 Å². The Morgan fingerprint density at radius 1 is 1.35 bits per heavy atom. The molecule has 0 spiro atoms. The Kier molecular flexibility index (Phi) is 5.51. The van der Waals surface area contributed by atoms with Crippen molar-refractivity contribution >= 4 is 10.0 Å². The predicted octanol–water partition coefficient (Wildman–Crippen LogP) is 0.0849. The normalized spacial score (nSPS) is 22.7. The minimum absolute atomic E-state index is 0.0640. The van der Waals surface area contributed by atoms with Crippen molar-refractivity contribution in [2.24, 2.45) is 5.92 Å². The summed E-state index contributed by atoms with van der Waals surface area (Å²) < 4.78 is 30.1. The standard InChI is InChI=1S/C15H24N2O5S/c1-16(2)23(20,21)10-12-8-17(9-14(12)19)7-11-4-5-15(22-3)13(18)6-11/h4-6,12,14,18-19H,7-10H2,1-3H3. The van der Waals surface area contributed by atoms with Gasteiger partial charge in [-0.15, -0.1) is 0 Å². The van der Waals surface area contributed by atoms with Crippen LogP contribution in [0.5, 0.6) is 11.5 Å². The zero-order chi connectivity index (χ0) is 17.2. The summed E-state index contributed by atoms with van der Waals surface area (Å²) in [6.07, 6.45) is -0.670. The van der Waals surface area contributed by atoms with E-state index in [-0.39, 0.29) is 17.4 Å². The molecule has 7 nitrogen and oxygen atoms in total. The number of ether oxygens (including phenoxy) is 1. The van der Waals surface area contributed by atoms with E-state index in [9.17, 15) is 18.6 Å². The minimum atomic E-state index is -3.34. The first-order valence-corrected chi connectivity index (χ1v) is 9.00. The first kappa shape index (κ1) is 18.0. The average molecular weight is 344 g/mol. The first-order valence-electron chi connectivity index (χ1n) is 7.39. The molecule has 1 aliphatic rings. The Morgan fingerprint density at radius 3 is 2.61 bits per heavy atom. The number of aromatic hydroxyl groups is 1. The number of likely N-dealkylation sites (tertiary alicyclic amines) is 1. The molecule has 1 saturated heterocycles. The lowest BCUT2D eigenvalue weighted by atomic mass is 10.1. The smallest absolute Gasteiger partial charge is 0.214 e. The van der Waals surface area contributed by atoms with Crippen LogP contribution in [-0.2, 0) is 16.6 Å². The summed E-state index contributed by atoms with van der Waals surface area (Å²) in [4.78, 5) is 1.99. The SMILES string of the molecule is COc1ccc(CN2CC(O)C(CS(=O)(=O)N(C)C)C2)cc1O. The highest BCUT2D eigenvalue weighted by molar-refractivity contribution is 7.89. The number of phenols is 1. The van der Waals surface area contributed by atoms with Gasteiger partial charge in [0.15, 0.2) is 11.5 Å². The van der Waals surface area contributed by atoms with E-state index in [2.05, 4.69) is 0 Å². The van der Waals surface area contributed by atoms with E-state index in [1.807, 2.05) is 11.0 Å². The largest absolute Gasteiger partial charge is 0.504 e. The number of nitrogens with zero attached hydrogens (tertiary/aromatic N) is 2. The summed E-state index contributed by atoms with van der Waals surface area (Å²) in [6.45, 7) is 1.45. The molecule has 23 heavy (non-hydrogen) atoms. The van der Waals surface area contributed by atoms with E-state index in [1.165, 1.54) is 25.5 Å². The van der Waals surface area contributed by atoms with Gasteiger partial charge in [-0.3, -0.25) is 4.90 Å². The Balaban J connectivity index is 2.00. The van der Waals surface area contributed by atoms with Crippen LogP contribution in [0, 0.1) is 5.92 Å². The fourth-order valence-corrected chi connectivity index (χ4v) is 3.91. The molecule has 2 atom stereocenters. The van der Waals surface area contributed by atoms with Gasteiger partial charge in [0.1, 0.15) is 0 Å². The maximum Gasteiger partial charge on any atom is 0.214 e. The van der Waals surface area contributed by atoms with Crippen molar-refractivity contribution in [2.45, 2.75) is 12.6 Å². The van der Waals surface area contributed by atoms with E-state index in [4.69, 9.17) is 4.74 Å². The fourth-order valence-electron chi connectivity index (χ4n) is 2.75. The summed E-state index contributed by atoms with van der Waals surface area (Å²) in [6, 6.07) is 5.15. The highest BCUT2D eigenvalue weighted by atomic mass is 32.2. The molecule has 2 unspecified atom stereocenters. The van der Waals surface area contributed by atoms with Crippen LogP contribution >= 0.6 is 0 Å². The monoisotopic (exact) mass is 344 g/mol. The van der Waals surface area contributed by atoms with Crippen LogP contribution in [0.25, 0.3) is 0 Å². The van der Waals surface area contributed by atoms with Gasteiger partial charge in [-0.25, -0.2) is 12.7 Å². The number of benzene rings is 1. The summed E-state index contributed by atoms with van der Waals surface area (Å²) in [5, 5.41) is 19.9. The topological polar surface area (TPSA) is 90.3 Å². The quantitative estimate of drug-likeness (QED) is 0.760. The van der Waals surface area contributed by atoms with Crippen molar-refractivity contribution in [3.63, 3.8) is 0 Å². The van der Waals surface area contributed by atoms with Crippen LogP contribution < -0.4 is 4.74 Å². The third-order valence-electron chi connectivity index (χ3n) is 4.11. The molecule has 8 heteroatoms. The van der Waals surface area contributed by atoms with Gasteiger partial charge >= 0.3 is 0 Å². The number of hydrogen-bond donors (Lipinski definition) is 2. The van der Waals surface area contributed by atoms with Gasteiger partial charge in [0.25, 0.3) is 0 Å². The molecule has 0 amide bonds. The third-order valence-corrected chi connectivity index (χ3v) is 6.07. The molecule has 1 aliphatic heterocycles. The number of sulfonamides is 1. The summed E-state index contributed by atoms with van der Waals surface area (Å²) in [5.74, 6) is 0.0989. The molecule has 1 aromatic rings. The number of phenolic OH excluding ortho intramolecular Hbond substituents is 1. The zero-order valence-electron chi connectivity index (χ0n) is 13.6. The Bertz CT molecular complexity index is 647. The van der Waals surface area contributed by atoms with Crippen LogP contribution in [0.4, 0.5) is 0 Å². The average Bonchev–Trinajstić information content (AvgIpc) is 2.78. The minimum Gasteiger partial charge on any atom is -0.504 e. The van der Waals surface area contributed by atoms with Crippen molar-refractivity contribution < 1.29 is 23.4 Å². The van der Waals surface area contributed by atoms with Crippen LogP contribution in [0.15, 0.2) is 18.2 Å². The molecular formula is C15H24N2O5S. The number of β-amino-alcohol motifs (C(OH)–C–C–N with tert-alkyl or cyclic N) is 1. The van der Waals surface area contributed by atoms with E-state index < -0.39 is 16.1 Å². The fraction of sp³-hybridized carbons (Fsp3) is 0.600. The number of aliphatic hydroxyl groups is 1. The highest BCUT2D eigenvalue weighted by Crippen LogP contribution is 2.28. The number of rotatable bonds is 6. The van der Waals surface area contributed by atoms with Gasteiger partial charge in [0.05, 0.1) is 19.0 Å². The summed E-state index contributed by atoms with van der Waals surface area (Å²) in [7, 11) is 1.14. The van der Waals surface area contributed by atoms with Gasteiger partial charge in [0.2, 0.25) is 10.0 Å². The van der Waals surface area contributed by atoms with Crippen LogP contribution in [-0.4, -0.2) is 74.0 Å². The van der Waals surface area contributed by atoms with Crippen molar-refractivity contribution in [2.75, 3.05) is 40.0 Å². The third kappa shape index (κ3) is 4.35. The molecule has 1 fully saturated rings. The molecule has 1 heterocycles. The molecule has 0 bridgehead atoms. The van der Waals surface area contributed by atoms with E-state index in [0.717, 1.165) is 5.56 Å². The van der Waals surface area contributed by atoms with Crippen molar-refractivity contribution in [1.82, 2.24) is 9.21 Å². The molecule has 130 valence electrons. The molecule has 0 saturated carbocycles. The van der Waals surface area contributed by atoms with Crippen molar-refractivity contribution in [3.8, 4) is 11.5 Å². The van der Waals surface area contributed by atoms with E-state index in [0.29, 0.717) is 25.4 Å². The van der Waals surface area contributed by atoms with Gasteiger partial charge in [-0.2, -0.15) is 0 Å². The van der Waals surface area contributed by atoms with Crippen LogP contribution in [0.1, 0.15) is 5.56 Å². The number of methoxy groups -OCH3 is 1. The second kappa shape index (κ2) is 7.04. The van der Waals surface area contributed by atoms with Crippen LogP contribution in [0.3, 0.4) is 0 Å². The Hall–Kier alpha value is -1.35. The lowest BCUT2D eigenvalue weighted by Crippen LogP contribution is -2.33. The first-order chi connectivity index (χ1) is 10.7. The predicted molar refractivity (Wildman–Crippen MR) is 86.9 cm³/mol. The molecule has 2 rings (SSSR count). The van der Waals surface area contributed by atoms with Gasteiger partial charge in [-0.05, 0) is 17.7 Å². The van der Waals surface area contributed by atoms with E-state index >= 15 is 0 Å². The second-order valence-corrected chi connectivity index (χ2v) is 8.32. The van der Waals surface area contributed by atoms with Gasteiger partial charge < -0.3 is 14.9 Å². The molecule has 2 N–H and O–H groups in total. The molecule has 0 aromatic heterocycles. The van der Waals surface area contributed by atoms with Gasteiger partial charge in [-0.1, -0.05) is 6.07 Å². The number of hydrogen-bond acceptors (Lipinski definition) is 6. The zero-order valence-corrected chi connectivity index (χ0v) is 14.5. The maximum atomic E-state index is 12.0.